The fourth-order valence-corrected chi connectivity index (χ4v) is 4.05. The van der Waals surface area contributed by atoms with Gasteiger partial charge in [-0.05, 0) is 24.0 Å². The molecule has 1 atom stereocenters. The van der Waals surface area contributed by atoms with Crippen LogP contribution in [-0.4, -0.2) is 34.7 Å². The summed E-state index contributed by atoms with van der Waals surface area (Å²) in [5.74, 6) is 0.444. The monoisotopic (exact) mass is 284 g/mol. The Hall–Kier alpha value is -1.84. The maximum atomic E-state index is 12.6. The summed E-state index contributed by atoms with van der Waals surface area (Å²) in [6, 6.07) is 8.28. The normalized spacial score (nSPS) is 25.1. The molecule has 2 fully saturated rings. The molecule has 3 aliphatic rings. The van der Waals surface area contributed by atoms with Crippen LogP contribution >= 0.6 is 0 Å². The first kappa shape index (κ1) is 12.9. The highest BCUT2D eigenvalue weighted by atomic mass is 16.2. The van der Waals surface area contributed by atoms with Crippen molar-refractivity contribution in [3.8, 4) is 0 Å². The van der Waals surface area contributed by atoms with E-state index >= 15 is 0 Å². The summed E-state index contributed by atoms with van der Waals surface area (Å²) in [5, 5.41) is 0. The molecule has 4 heteroatoms. The van der Waals surface area contributed by atoms with E-state index in [9.17, 15) is 9.59 Å². The van der Waals surface area contributed by atoms with Crippen LogP contribution < -0.4 is 0 Å². The smallest absolute Gasteiger partial charge is 0.243 e. The van der Waals surface area contributed by atoms with E-state index in [1.807, 2.05) is 21.9 Å². The zero-order chi connectivity index (χ0) is 14.4. The predicted molar refractivity (Wildman–Crippen MR) is 78.3 cm³/mol. The van der Waals surface area contributed by atoms with Crippen LogP contribution in [0.1, 0.15) is 42.9 Å². The Labute approximate surface area is 124 Å². The number of hydrogen-bond donors (Lipinski definition) is 0. The molecule has 0 aromatic heterocycles. The van der Waals surface area contributed by atoms with Crippen LogP contribution in [0.4, 0.5) is 0 Å². The van der Waals surface area contributed by atoms with Crippen molar-refractivity contribution in [2.24, 2.45) is 5.92 Å². The first-order valence-electron chi connectivity index (χ1n) is 7.90. The summed E-state index contributed by atoms with van der Waals surface area (Å²) in [6.07, 6.45) is 4.29. The van der Waals surface area contributed by atoms with Crippen molar-refractivity contribution >= 4 is 11.8 Å². The van der Waals surface area contributed by atoms with E-state index in [4.69, 9.17) is 0 Å². The average molecular weight is 284 g/mol. The van der Waals surface area contributed by atoms with Crippen molar-refractivity contribution in [1.82, 2.24) is 9.80 Å². The van der Waals surface area contributed by atoms with Crippen LogP contribution in [0.2, 0.25) is 0 Å². The number of nitrogens with zero attached hydrogens (tertiary/aromatic N) is 2. The van der Waals surface area contributed by atoms with E-state index in [-0.39, 0.29) is 30.3 Å². The summed E-state index contributed by atoms with van der Waals surface area (Å²) in [6.45, 7) is 1.63. The molecule has 0 spiro atoms. The number of benzene rings is 1. The van der Waals surface area contributed by atoms with Crippen LogP contribution in [0.25, 0.3) is 0 Å². The summed E-state index contributed by atoms with van der Waals surface area (Å²) >= 11 is 0. The van der Waals surface area contributed by atoms with Gasteiger partial charge in [0.2, 0.25) is 11.8 Å². The van der Waals surface area contributed by atoms with Crippen LogP contribution in [0.3, 0.4) is 0 Å². The van der Waals surface area contributed by atoms with Crippen molar-refractivity contribution in [3.63, 3.8) is 0 Å². The summed E-state index contributed by atoms with van der Waals surface area (Å²) in [5.41, 5.74) is 2.45. The number of carbonyl (C=O) groups excluding carboxylic acids is 2. The van der Waals surface area contributed by atoms with Gasteiger partial charge in [-0.1, -0.05) is 37.1 Å². The molecule has 1 aromatic rings. The lowest BCUT2D eigenvalue weighted by atomic mass is 10.0. The van der Waals surface area contributed by atoms with Gasteiger partial charge in [0, 0.05) is 19.0 Å². The Morgan fingerprint density at radius 3 is 2.67 bits per heavy atom. The lowest BCUT2D eigenvalue weighted by molar-refractivity contribution is -0.150. The topological polar surface area (TPSA) is 40.6 Å². The second-order valence-electron chi connectivity index (χ2n) is 6.44. The molecule has 110 valence electrons. The second kappa shape index (κ2) is 4.86. The van der Waals surface area contributed by atoms with Crippen LogP contribution in [-0.2, 0) is 16.1 Å². The van der Waals surface area contributed by atoms with Gasteiger partial charge < -0.3 is 9.80 Å². The highest BCUT2D eigenvalue weighted by Crippen LogP contribution is 2.37. The van der Waals surface area contributed by atoms with E-state index in [1.54, 1.807) is 0 Å². The standard InChI is InChI=1S/C17H20N2O2/c20-16-11-18(17(21)12-5-1-2-6-12)10-15-14-8-4-3-7-13(14)9-19(15)16/h3-4,7-8,12,15H,1-2,5-6,9-11H2. The Kier molecular flexibility index (Phi) is 2.98. The zero-order valence-electron chi connectivity index (χ0n) is 12.1. The Morgan fingerprint density at radius 2 is 1.86 bits per heavy atom. The molecule has 21 heavy (non-hydrogen) atoms. The molecule has 2 heterocycles. The first-order valence-corrected chi connectivity index (χ1v) is 7.90. The lowest BCUT2D eigenvalue weighted by Crippen LogP contribution is -2.52. The summed E-state index contributed by atoms with van der Waals surface area (Å²) in [7, 11) is 0. The zero-order valence-corrected chi connectivity index (χ0v) is 12.1. The SMILES string of the molecule is O=C(C1CCCC1)N1CC(=O)N2Cc3ccccc3C2C1. The van der Waals surface area contributed by atoms with Crippen molar-refractivity contribution in [2.45, 2.75) is 38.3 Å². The molecule has 0 bridgehead atoms. The minimum absolute atomic E-state index is 0.0628. The number of fused-ring (bicyclic) bond motifs is 3. The third-order valence-electron chi connectivity index (χ3n) is 5.19. The third kappa shape index (κ3) is 2.04. The molecule has 1 saturated heterocycles. The quantitative estimate of drug-likeness (QED) is 0.792. The fraction of sp³-hybridized carbons (Fsp3) is 0.529. The van der Waals surface area contributed by atoms with Gasteiger partial charge in [0.05, 0.1) is 12.6 Å². The van der Waals surface area contributed by atoms with E-state index in [1.165, 1.54) is 11.1 Å². The maximum Gasteiger partial charge on any atom is 0.243 e. The van der Waals surface area contributed by atoms with Crippen molar-refractivity contribution in [1.29, 1.82) is 0 Å². The van der Waals surface area contributed by atoms with Gasteiger partial charge >= 0.3 is 0 Å². The second-order valence-corrected chi connectivity index (χ2v) is 6.44. The lowest BCUT2D eigenvalue weighted by Gasteiger charge is -2.38. The molecule has 0 radical (unpaired) electrons. The van der Waals surface area contributed by atoms with E-state index < -0.39 is 0 Å². The van der Waals surface area contributed by atoms with Gasteiger partial charge in [-0.15, -0.1) is 0 Å². The molecule has 4 rings (SSSR count). The number of rotatable bonds is 1. The van der Waals surface area contributed by atoms with E-state index in [0.717, 1.165) is 25.7 Å². The van der Waals surface area contributed by atoms with Gasteiger partial charge in [-0.25, -0.2) is 0 Å². The Bertz CT molecular complexity index is 592. The van der Waals surface area contributed by atoms with E-state index in [0.29, 0.717) is 13.1 Å². The highest BCUT2D eigenvalue weighted by molar-refractivity contribution is 5.88. The van der Waals surface area contributed by atoms with Crippen molar-refractivity contribution in [2.75, 3.05) is 13.1 Å². The molecule has 1 aliphatic carbocycles. The minimum Gasteiger partial charge on any atom is -0.331 e. The number of piperazine rings is 1. The molecule has 4 nitrogen and oxygen atoms in total. The number of hydrogen-bond acceptors (Lipinski definition) is 2. The summed E-state index contributed by atoms with van der Waals surface area (Å²) < 4.78 is 0. The third-order valence-corrected chi connectivity index (χ3v) is 5.19. The summed E-state index contributed by atoms with van der Waals surface area (Å²) in [4.78, 5) is 28.7. The molecule has 1 unspecified atom stereocenters. The molecule has 1 saturated carbocycles. The van der Waals surface area contributed by atoms with Gasteiger partial charge in [0.1, 0.15) is 0 Å². The van der Waals surface area contributed by atoms with Gasteiger partial charge in [-0.2, -0.15) is 0 Å². The van der Waals surface area contributed by atoms with Crippen LogP contribution in [0.5, 0.6) is 0 Å². The maximum absolute atomic E-state index is 12.6. The van der Waals surface area contributed by atoms with Gasteiger partial charge in [0.25, 0.3) is 0 Å². The van der Waals surface area contributed by atoms with Crippen molar-refractivity contribution < 1.29 is 9.59 Å². The average Bonchev–Trinajstić information content (AvgIpc) is 3.14. The molecule has 0 N–H and O–H groups in total. The Morgan fingerprint density at radius 1 is 1.10 bits per heavy atom. The fourth-order valence-electron chi connectivity index (χ4n) is 4.05. The van der Waals surface area contributed by atoms with Crippen molar-refractivity contribution in [3.05, 3.63) is 35.4 Å². The minimum atomic E-state index is 0.0628. The highest BCUT2D eigenvalue weighted by Gasteiger charge is 2.41. The van der Waals surface area contributed by atoms with E-state index in [2.05, 4.69) is 12.1 Å². The molecule has 2 amide bonds. The van der Waals surface area contributed by atoms with Gasteiger partial charge in [-0.3, -0.25) is 9.59 Å². The number of amides is 2. The predicted octanol–water partition coefficient (Wildman–Crippen LogP) is 2.10. The molecule has 1 aromatic carbocycles. The molecular weight excluding hydrogens is 264 g/mol. The van der Waals surface area contributed by atoms with Crippen LogP contribution in [0, 0.1) is 5.92 Å². The molecule has 2 aliphatic heterocycles. The molecular formula is C17H20N2O2. The largest absolute Gasteiger partial charge is 0.331 e. The Balaban J connectivity index is 1.58. The first-order chi connectivity index (χ1) is 10.2. The van der Waals surface area contributed by atoms with Gasteiger partial charge in [0.15, 0.2) is 0 Å². The van der Waals surface area contributed by atoms with Crippen LogP contribution in [0.15, 0.2) is 24.3 Å². The number of carbonyl (C=O) groups is 2.